The molecular weight excluding hydrogens is 509 g/mol. The molecule has 0 N–H and O–H groups in total. The number of carbonyl (C=O) groups is 1. The van der Waals surface area contributed by atoms with Gasteiger partial charge in [0.15, 0.2) is 0 Å². The van der Waals surface area contributed by atoms with Crippen molar-refractivity contribution in [3.05, 3.63) is 71.8 Å². The van der Waals surface area contributed by atoms with Crippen LogP contribution in [0.25, 0.3) is 11.3 Å². The van der Waals surface area contributed by atoms with Crippen LogP contribution in [0, 0.1) is 5.92 Å². The molecule has 208 valence electrons. The zero-order valence-corrected chi connectivity index (χ0v) is 22.2. The van der Waals surface area contributed by atoms with Gasteiger partial charge in [-0.3, -0.25) is 4.79 Å². The van der Waals surface area contributed by atoms with Gasteiger partial charge in [-0.1, -0.05) is 31.2 Å². The van der Waals surface area contributed by atoms with Gasteiger partial charge in [0, 0.05) is 24.2 Å². The highest BCUT2D eigenvalue weighted by atomic mass is 19.4. The van der Waals surface area contributed by atoms with Crippen LogP contribution in [0.4, 0.5) is 19.0 Å². The molecule has 39 heavy (non-hydrogen) atoms. The molecule has 0 radical (unpaired) electrons. The molecule has 0 spiro atoms. The van der Waals surface area contributed by atoms with E-state index in [-0.39, 0.29) is 24.1 Å². The van der Waals surface area contributed by atoms with Crippen LogP contribution in [0.5, 0.6) is 11.5 Å². The zero-order chi connectivity index (χ0) is 27.8. The van der Waals surface area contributed by atoms with E-state index >= 15 is 0 Å². The predicted molar refractivity (Wildman–Crippen MR) is 143 cm³/mol. The third kappa shape index (κ3) is 7.22. The number of halogens is 3. The van der Waals surface area contributed by atoms with E-state index in [1.54, 1.807) is 19.1 Å². The summed E-state index contributed by atoms with van der Waals surface area (Å²) in [6, 6.07) is 16.1. The van der Waals surface area contributed by atoms with Crippen LogP contribution in [-0.2, 0) is 22.3 Å². The molecule has 0 aliphatic carbocycles. The summed E-state index contributed by atoms with van der Waals surface area (Å²) in [5.41, 5.74) is 0.638. The van der Waals surface area contributed by atoms with Crippen LogP contribution in [-0.4, -0.2) is 37.3 Å². The second-order valence-electron chi connectivity index (χ2n) is 9.35. The largest absolute Gasteiger partial charge is 0.493 e. The minimum absolute atomic E-state index is 0.124. The lowest BCUT2D eigenvalue weighted by molar-refractivity contribution is -0.148. The molecule has 4 rings (SSSR count). The summed E-state index contributed by atoms with van der Waals surface area (Å²) in [5, 5.41) is 0. The van der Waals surface area contributed by atoms with Crippen molar-refractivity contribution in [3.63, 3.8) is 0 Å². The number of hydrogen-bond acceptors (Lipinski definition) is 6. The first-order valence-corrected chi connectivity index (χ1v) is 13.2. The normalized spacial score (nSPS) is 14.2. The van der Waals surface area contributed by atoms with Crippen LogP contribution < -0.4 is 14.4 Å². The number of rotatable bonds is 10. The van der Waals surface area contributed by atoms with Crippen molar-refractivity contribution in [2.75, 3.05) is 31.2 Å². The summed E-state index contributed by atoms with van der Waals surface area (Å²) in [6.07, 6.45) is -2.41. The van der Waals surface area contributed by atoms with Gasteiger partial charge in [0.2, 0.25) is 0 Å². The third-order valence-corrected chi connectivity index (χ3v) is 6.57. The molecule has 0 bridgehead atoms. The highest BCUT2D eigenvalue weighted by Crippen LogP contribution is 2.38. The lowest BCUT2D eigenvalue weighted by Gasteiger charge is -2.32. The number of pyridine rings is 1. The molecule has 2 heterocycles. The van der Waals surface area contributed by atoms with Crippen LogP contribution in [0.1, 0.15) is 44.2 Å². The van der Waals surface area contributed by atoms with Gasteiger partial charge in [-0.05, 0) is 62.6 Å². The van der Waals surface area contributed by atoms with E-state index < -0.39 is 11.7 Å². The van der Waals surface area contributed by atoms with Crippen molar-refractivity contribution in [2.45, 2.75) is 45.9 Å². The summed E-state index contributed by atoms with van der Waals surface area (Å²) in [6.45, 7) is 6.02. The topological polar surface area (TPSA) is 60.9 Å². The van der Waals surface area contributed by atoms with Gasteiger partial charge in [-0.25, -0.2) is 4.98 Å². The predicted octanol–water partition coefficient (Wildman–Crippen LogP) is 6.91. The Morgan fingerprint density at radius 2 is 1.74 bits per heavy atom. The van der Waals surface area contributed by atoms with E-state index in [0.29, 0.717) is 62.2 Å². The second-order valence-corrected chi connectivity index (χ2v) is 9.35. The first-order valence-electron chi connectivity index (χ1n) is 13.2. The second kappa shape index (κ2) is 12.9. The number of nitrogens with zero attached hydrogens (tertiary/aromatic N) is 2. The lowest BCUT2D eigenvalue weighted by atomic mass is 9.97. The Hall–Kier alpha value is -3.75. The van der Waals surface area contributed by atoms with Gasteiger partial charge < -0.3 is 19.1 Å². The summed E-state index contributed by atoms with van der Waals surface area (Å²) < 4.78 is 57.9. The molecule has 2 aromatic carbocycles. The van der Waals surface area contributed by atoms with Gasteiger partial charge in [0.25, 0.3) is 0 Å². The maximum atomic E-state index is 13.6. The molecule has 0 amide bonds. The Labute approximate surface area is 226 Å². The number of aromatic nitrogens is 1. The first kappa shape index (κ1) is 28.3. The van der Waals surface area contributed by atoms with Crippen LogP contribution >= 0.6 is 0 Å². The average Bonchev–Trinajstić information content (AvgIpc) is 2.95. The molecule has 9 heteroatoms. The van der Waals surface area contributed by atoms with Crippen molar-refractivity contribution in [3.8, 4) is 22.8 Å². The van der Waals surface area contributed by atoms with Gasteiger partial charge in [-0.15, -0.1) is 0 Å². The molecule has 1 aromatic heterocycles. The minimum atomic E-state index is -4.51. The van der Waals surface area contributed by atoms with E-state index in [1.807, 2.05) is 42.2 Å². The van der Waals surface area contributed by atoms with Crippen molar-refractivity contribution in [1.82, 2.24) is 4.98 Å². The van der Waals surface area contributed by atoms with Crippen molar-refractivity contribution >= 4 is 11.8 Å². The Bertz CT molecular complexity index is 1260. The number of alkyl halides is 3. The van der Waals surface area contributed by atoms with Gasteiger partial charge >= 0.3 is 12.1 Å². The fourth-order valence-electron chi connectivity index (χ4n) is 4.52. The molecule has 1 aliphatic heterocycles. The fourth-order valence-corrected chi connectivity index (χ4v) is 4.52. The molecule has 0 unspecified atom stereocenters. The standard InChI is InChI=1S/C30H33F3N2O4/c1-3-18-38-26-10-6-5-8-22(26)20-39-27-13-12-23(30(31,32)33)19-24(27)25-9-7-11-28(34-25)35-16-14-21(15-17-35)29(36)37-4-2/h5-13,19,21H,3-4,14-18,20H2,1-2H3. The number of hydrogen-bond donors (Lipinski definition) is 0. The van der Waals surface area contributed by atoms with E-state index in [2.05, 4.69) is 0 Å². The van der Waals surface area contributed by atoms with E-state index in [1.165, 1.54) is 6.07 Å². The first-order chi connectivity index (χ1) is 18.8. The SMILES string of the molecule is CCCOc1ccccc1COc1ccc(C(F)(F)F)cc1-c1cccc(N2CCC(C(=O)OCC)CC2)n1. The number of esters is 1. The molecule has 0 atom stereocenters. The van der Waals surface area contributed by atoms with Gasteiger partial charge in [0.05, 0.1) is 30.4 Å². The number of anilines is 1. The number of ether oxygens (including phenoxy) is 3. The van der Waals surface area contributed by atoms with Crippen LogP contribution in [0.15, 0.2) is 60.7 Å². The average molecular weight is 543 g/mol. The number of carbonyl (C=O) groups excluding carboxylic acids is 1. The quantitative estimate of drug-likeness (QED) is 0.259. The Kier molecular flexibility index (Phi) is 9.32. The van der Waals surface area contributed by atoms with Crippen LogP contribution in [0.3, 0.4) is 0 Å². The molecular formula is C30H33F3N2O4. The molecule has 1 fully saturated rings. The summed E-state index contributed by atoms with van der Waals surface area (Å²) >= 11 is 0. The van der Waals surface area contributed by atoms with Crippen molar-refractivity contribution < 1.29 is 32.2 Å². The van der Waals surface area contributed by atoms with E-state index in [4.69, 9.17) is 19.2 Å². The number of benzene rings is 2. The monoisotopic (exact) mass is 542 g/mol. The van der Waals surface area contributed by atoms with Gasteiger partial charge in [0.1, 0.15) is 23.9 Å². The fraction of sp³-hybridized carbons (Fsp3) is 0.400. The summed E-state index contributed by atoms with van der Waals surface area (Å²) in [4.78, 5) is 18.8. The maximum Gasteiger partial charge on any atom is 0.416 e. The zero-order valence-electron chi connectivity index (χ0n) is 22.2. The van der Waals surface area contributed by atoms with Crippen molar-refractivity contribution in [1.29, 1.82) is 0 Å². The summed E-state index contributed by atoms with van der Waals surface area (Å²) in [5.74, 6) is 1.26. The Morgan fingerprint density at radius 3 is 2.46 bits per heavy atom. The molecule has 1 saturated heterocycles. The molecule has 0 saturated carbocycles. The Balaban J connectivity index is 1.59. The summed E-state index contributed by atoms with van der Waals surface area (Å²) in [7, 11) is 0. The molecule has 3 aromatic rings. The van der Waals surface area contributed by atoms with E-state index in [9.17, 15) is 18.0 Å². The maximum absolute atomic E-state index is 13.6. The van der Waals surface area contributed by atoms with E-state index in [0.717, 1.165) is 24.1 Å². The molecule has 1 aliphatic rings. The highest BCUT2D eigenvalue weighted by molar-refractivity contribution is 5.73. The lowest BCUT2D eigenvalue weighted by Crippen LogP contribution is -2.37. The van der Waals surface area contributed by atoms with Crippen molar-refractivity contribution in [2.24, 2.45) is 5.92 Å². The third-order valence-electron chi connectivity index (χ3n) is 6.57. The Morgan fingerprint density at radius 1 is 0.974 bits per heavy atom. The highest BCUT2D eigenvalue weighted by Gasteiger charge is 2.32. The number of para-hydroxylation sites is 1. The molecule has 6 nitrogen and oxygen atoms in total. The van der Waals surface area contributed by atoms with Crippen LogP contribution in [0.2, 0.25) is 0 Å². The van der Waals surface area contributed by atoms with Gasteiger partial charge in [-0.2, -0.15) is 13.2 Å². The smallest absolute Gasteiger partial charge is 0.416 e. The number of piperidine rings is 1. The minimum Gasteiger partial charge on any atom is -0.493 e.